The molecule has 1 aliphatic rings. The summed E-state index contributed by atoms with van der Waals surface area (Å²) in [4.78, 5) is 19.8. The first-order valence-corrected chi connectivity index (χ1v) is 10.9. The summed E-state index contributed by atoms with van der Waals surface area (Å²) in [6.45, 7) is 2.21. The van der Waals surface area contributed by atoms with Crippen molar-refractivity contribution < 1.29 is 14.1 Å². The Balaban J connectivity index is 1.40. The number of fused-ring (bicyclic) bond motifs is 1. The molecule has 7 heteroatoms. The van der Waals surface area contributed by atoms with Crippen LogP contribution in [0, 0.1) is 0 Å². The second-order valence-electron chi connectivity index (χ2n) is 7.34. The zero-order valence-corrected chi connectivity index (χ0v) is 17.6. The molecular formula is C22H25N3O3S. The van der Waals surface area contributed by atoms with Gasteiger partial charge in [0.1, 0.15) is 5.75 Å². The van der Waals surface area contributed by atoms with Crippen molar-refractivity contribution in [3.63, 3.8) is 0 Å². The zero-order chi connectivity index (χ0) is 20.2. The highest BCUT2D eigenvalue weighted by atomic mass is 32.1. The van der Waals surface area contributed by atoms with E-state index >= 15 is 0 Å². The number of carbonyl (C=O) groups excluding carboxylic acids is 1. The van der Waals surface area contributed by atoms with Crippen molar-refractivity contribution in [1.29, 1.82) is 0 Å². The molecule has 1 aromatic carbocycles. The summed E-state index contributed by atoms with van der Waals surface area (Å²) >= 11 is 1.55. The summed E-state index contributed by atoms with van der Waals surface area (Å²) in [6, 6.07) is 10.1. The maximum absolute atomic E-state index is 12.9. The lowest BCUT2D eigenvalue weighted by molar-refractivity contribution is -0.138. The van der Waals surface area contributed by atoms with E-state index in [1.165, 1.54) is 24.0 Å². The van der Waals surface area contributed by atoms with Gasteiger partial charge < -0.3 is 14.2 Å². The number of aromatic nitrogens is 2. The highest BCUT2D eigenvalue weighted by Gasteiger charge is 2.24. The van der Waals surface area contributed by atoms with Gasteiger partial charge in [-0.3, -0.25) is 4.79 Å². The average Bonchev–Trinajstić information content (AvgIpc) is 3.43. The average molecular weight is 412 g/mol. The molecule has 1 amide bonds. The lowest BCUT2D eigenvalue weighted by atomic mass is 9.92. The van der Waals surface area contributed by atoms with Crippen LogP contribution in [0.4, 0.5) is 0 Å². The summed E-state index contributed by atoms with van der Waals surface area (Å²) in [6.07, 6.45) is 4.73. The molecule has 6 nitrogen and oxygen atoms in total. The van der Waals surface area contributed by atoms with Crippen LogP contribution >= 0.6 is 11.3 Å². The molecule has 0 saturated heterocycles. The Bertz CT molecular complexity index is 968. The van der Waals surface area contributed by atoms with Gasteiger partial charge in [0, 0.05) is 7.05 Å². The number of nitrogens with zero attached hydrogens (tertiary/aromatic N) is 3. The van der Waals surface area contributed by atoms with E-state index in [0.717, 1.165) is 23.5 Å². The molecule has 0 unspecified atom stereocenters. The van der Waals surface area contributed by atoms with E-state index in [0.29, 0.717) is 18.1 Å². The van der Waals surface area contributed by atoms with Gasteiger partial charge in [-0.05, 0) is 66.8 Å². The van der Waals surface area contributed by atoms with Crippen molar-refractivity contribution in [3.8, 4) is 16.5 Å². The van der Waals surface area contributed by atoms with Crippen LogP contribution in [0.2, 0.25) is 0 Å². The lowest BCUT2D eigenvalue weighted by Gasteiger charge is -2.24. The maximum Gasteiger partial charge on any atom is 0.263 e. The van der Waals surface area contributed by atoms with Gasteiger partial charge in [-0.15, -0.1) is 11.3 Å². The minimum Gasteiger partial charge on any atom is -0.481 e. The monoisotopic (exact) mass is 411 g/mol. The number of carbonyl (C=O) groups is 1. The summed E-state index contributed by atoms with van der Waals surface area (Å²) in [5.74, 6) is 1.62. The molecule has 0 radical (unpaired) electrons. The smallest absolute Gasteiger partial charge is 0.263 e. The van der Waals surface area contributed by atoms with Crippen LogP contribution in [0.25, 0.3) is 10.7 Å². The third kappa shape index (κ3) is 4.50. The first kappa shape index (κ1) is 19.6. The van der Waals surface area contributed by atoms with Crippen molar-refractivity contribution in [2.24, 2.45) is 0 Å². The van der Waals surface area contributed by atoms with E-state index < -0.39 is 6.10 Å². The molecule has 0 aliphatic heterocycles. The fraction of sp³-hybridized carbons (Fsp3) is 0.409. The Morgan fingerprint density at radius 1 is 1.28 bits per heavy atom. The van der Waals surface area contributed by atoms with Crippen LogP contribution in [-0.2, 0) is 24.2 Å². The standard InChI is InChI=1S/C22H25N3O3S/c1-3-18(27-17-11-10-15-7-4-5-8-16(15)13-17)22(26)25(2)14-20-23-21(24-28-20)19-9-6-12-29-19/h6,9-13,18H,3-5,7-8,14H2,1-2H3/t18-/m0/s1. The van der Waals surface area contributed by atoms with Gasteiger partial charge in [-0.1, -0.05) is 24.2 Å². The number of amides is 1. The lowest BCUT2D eigenvalue weighted by Crippen LogP contribution is -2.39. The van der Waals surface area contributed by atoms with Crippen molar-refractivity contribution in [2.75, 3.05) is 7.05 Å². The second-order valence-corrected chi connectivity index (χ2v) is 8.28. The van der Waals surface area contributed by atoms with E-state index in [4.69, 9.17) is 9.26 Å². The molecule has 3 aromatic rings. The molecule has 152 valence electrons. The molecule has 29 heavy (non-hydrogen) atoms. The fourth-order valence-corrected chi connectivity index (χ4v) is 4.26. The van der Waals surface area contributed by atoms with Gasteiger partial charge in [-0.25, -0.2) is 0 Å². The molecule has 0 spiro atoms. The topological polar surface area (TPSA) is 68.5 Å². The van der Waals surface area contributed by atoms with Crippen LogP contribution < -0.4 is 4.74 Å². The third-order valence-corrected chi connectivity index (χ3v) is 6.07. The highest BCUT2D eigenvalue weighted by Crippen LogP contribution is 2.26. The minimum absolute atomic E-state index is 0.0962. The summed E-state index contributed by atoms with van der Waals surface area (Å²) < 4.78 is 11.4. The normalized spacial score (nSPS) is 14.3. The number of hydrogen-bond acceptors (Lipinski definition) is 6. The van der Waals surface area contributed by atoms with Crippen LogP contribution in [0.15, 0.2) is 40.2 Å². The predicted octanol–water partition coefficient (Wildman–Crippen LogP) is 4.49. The van der Waals surface area contributed by atoms with Crippen LogP contribution in [0.3, 0.4) is 0 Å². The van der Waals surface area contributed by atoms with Gasteiger partial charge in [0.05, 0.1) is 11.4 Å². The molecular weight excluding hydrogens is 386 g/mol. The Labute approximate surface area is 174 Å². The van der Waals surface area contributed by atoms with E-state index in [-0.39, 0.29) is 12.5 Å². The van der Waals surface area contributed by atoms with Gasteiger partial charge in [-0.2, -0.15) is 4.98 Å². The van der Waals surface area contributed by atoms with Crippen molar-refractivity contribution in [1.82, 2.24) is 15.0 Å². The Morgan fingerprint density at radius 3 is 2.86 bits per heavy atom. The molecule has 2 heterocycles. The summed E-state index contributed by atoms with van der Waals surface area (Å²) in [5, 5.41) is 5.96. The maximum atomic E-state index is 12.9. The number of ether oxygens (including phenoxy) is 1. The quantitative estimate of drug-likeness (QED) is 0.573. The predicted molar refractivity (Wildman–Crippen MR) is 112 cm³/mol. The largest absolute Gasteiger partial charge is 0.481 e. The van der Waals surface area contributed by atoms with Gasteiger partial charge in [0.15, 0.2) is 6.10 Å². The number of rotatable bonds is 7. The Kier molecular flexibility index (Phi) is 5.94. The second kappa shape index (κ2) is 8.78. The van der Waals surface area contributed by atoms with Crippen LogP contribution in [0.1, 0.15) is 43.2 Å². The Morgan fingerprint density at radius 2 is 2.10 bits per heavy atom. The van der Waals surface area contributed by atoms with Crippen molar-refractivity contribution in [2.45, 2.75) is 51.7 Å². The third-order valence-electron chi connectivity index (χ3n) is 5.20. The van der Waals surface area contributed by atoms with E-state index in [1.807, 2.05) is 30.5 Å². The van der Waals surface area contributed by atoms with Gasteiger partial charge >= 0.3 is 0 Å². The van der Waals surface area contributed by atoms with E-state index in [2.05, 4.69) is 22.3 Å². The first-order chi connectivity index (χ1) is 14.1. The SMILES string of the molecule is CC[C@H](Oc1ccc2c(c1)CCCC2)C(=O)N(C)Cc1nc(-c2cccs2)no1. The summed E-state index contributed by atoms with van der Waals surface area (Å²) in [5.41, 5.74) is 2.74. The van der Waals surface area contributed by atoms with Crippen LogP contribution in [-0.4, -0.2) is 34.1 Å². The molecule has 0 fully saturated rings. The van der Waals surface area contributed by atoms with Gasteiger partial charge in [0.25, 0.3) is 5.91 Å². The summed E-state index contributed by atoms with van der Waals surface area (Å²) in [7, 11) is 1.73. The van der Waals surface area contributed by atoms with Crippen molar-refractivity contribution in [3.05, 3.63) is 52.7 Å². The van der Waals surface area contributed by atoms with Gasteiger partial charge in [0.2, 0.25) is 11.7 Å². The van der Waals surface area contributed by atoms with E-state index in [1.54, 1.807) is 23.3 Å². The molecule has 4 rings (SSSR count). The molecule has 1 atom stereocenters. The highest BCUT2D eigenvalue weighted by molar-refractivity contribution is 7.13. The molecule has 0 bridgehead atoms. The molecule has 2 aromatic heterocycles. The number of hydrogen-bond donors (Lipinski definition) is 0. The van der Waals surface area contributed by atoms with Crippen molar-refractivity contribution >= 4 is 17.2 Å². The number of benzene rings is 1. The number of aryl methyl sites for hydroxylation is 2. The minimum atomic E-state index is -0.540. The van der Waals surface area contributed by atoms with E-state index in [9.17, 15) is 4.79 Å². The molecule has 0 saturated carbocycles. The Hall–Kier alpha value is -2.67. The number of thiophene rings is 1. The molecule has 0 N–H and O–H groups in total. The first-order valence-electron chi connectivity index (χ1n) is 10.0. The molecule has 1 aliphatic carbocycles. The van der Waals surface area contributed by atoms with Crippen LogP contribution in [0.5, 0.6) is 5.75 Å². The zero-order valence-electron chi connectivity index (χ0n) is 16.8. The fourth-order valence-electron chi connectivity index (χ4n) is 3.61. The number of likely N-dealkylation sites (N-methyl/N-ethyl adjacent to an activating group) is 1.